The smallest absolute Gasteiger partial charge is 0.343 e. The van der Waals surface area contributed by atoms with Gasteiger partial charge in [-0.25, -0.2) is 4.79 Å². The summed E-state index contributed by atoms with van der Waals surface area (Å²) in [4.78, 5) is 22.7. The summed E-state index contributed by atoms with van der Waals surface area (Å²) in [5.41, 5.74) is -0.339. The average molecular weight is 199 g/mol. The zero-order chi connectivity index (χ0) is 10.9. The number of carbonyl (C=O) groups excluding carboxylic acids is 2. The first kappa shape index (κ1) is 10.7. The monoisotopic (exact) mass is 199 g/mol. The van der Waals surface area contributed by atoms with Crippen LogP contribution in [0.5, 0.6) is 0 Å². The summed E-state index contributed by atoms with van der Waals surface area (Å²) in [5.74, 6) is -1.10. The summed E-state index contributed by atoms with van der Waals surface area (Å²) in [7, 11) is 2.70. The van der Waals surface area contributed by atoms with Gasteiger partial charge < -0.3 is 14.8 Å². The van der Waals surface area contributed by atoms with E-state index < -0.39 is 17.6 Å². The van der Waals surface area contributed by atoms with Gasteiger partial charge in [-0.05, 0) is 19.4 Å². The number of carbonyl (C=O) groups is 2. The summed E-state index contributed by atoms with van der Waals surface area (Å²) in [6.07, 6.45) is 0. The number of rotatable bonds is 2. The third-order valence-corrected chi connectivity index (χ3v) is 2.47. The van der Waals surface area contributed by atoms with Crippen molar-refractivity contribution >= 4 is 11.9 Å². The molecule has 1 aliphatic rings. The number of ether oxygens (including phenoxy) is 2. The molecule has 1 heterocycles. The highest BCUT2D eigenvalue weighted by Crippen LogP contribution is 2.27. The van der Waals surface area contributed by atoms with Crippen molar-refractivity contribution in [3.05, 3.63) is 11.1 Å². The highest BCUT2D eigenvalue weighted by Gasteiger charge is 2.42. The van der Waals surface area contributed by atoms with E-state index >= 15 is 0 Å². The van der Waals surface area contributed by atoms with Crippen molar-refractivity contribution in [3.63, 3.8) is 0 Å². The van der Waals surface area contributed by atoms with Crippen LogP contribution >= 0.6 is 0 Å². The van der Waals surface area contributed by atoms with Gasteiger partial charge in [0.05, 0.1) is 7.11 Å². The number of hydrogen-bond acceptors (Lipinski definition) is 4. The minimum Gasteiger partial charge on any atom is -0.465 e. The van der Waals surface area contributed by atoms with E-state index in [1.807, 2.05) is 0 Å². The molecule has 78 valence electrons. The molecular weight excluding hydrogens is 186 g/mol. The van der Waals surface area contributed by atoms with Crippen LogP contribution in [0.15, 0.2) is 11.1 Å². The minimum atomic E-state index is -0.902. The lowest BCUT2D eigenvalue weighted by atomic mass is 10.1. The van der Waals surface area contributed by atoms with E-state index in [1.165, 1.54) is 14.2 Å². The van der Waals surface area contributed by atoms with Gasteiger partial charge in [0.15, 0.2) is 5.72 Å². The zero-order valence-corrected chi connectivity index (χ0v) is 8.63. The maximum absolute atomic E-state index is 11.4. The molecule has 0 saturated heterocycles. The molecule has 14 heavy (non-hydrogen) atoms. The largest absolute Gasteiger partial charge is 0.465 e. The van der Waals surface area contributed by atoms with Gasteiger partial charge in [-0.2, -0.15) is 0 Å². The average Bonchev–Trinajstić information content (AvgIpc) is 2.38. The van der Waals surface area contributed by atoms with Crippen molar-refractivity contribution in [2.75, 3.05) is 14.2 Å². The SMILES string of the molecule is COC(=O)C1=C(C)C(C)(OC)NC1=O. The molecule has 1 aliphatic heterocycles. The third-order valence-electron chi connectivity index (χ3n) is 2.47. The first-order chi connectivity index (χ1) is 6.46. The van der Waals surface area contributed by atoms with Crippen LogP contribution in [0, 0.1) is 0 Å². The highest BCUT2D eigenvalue weighted by atomic mass is 16.5. The van der Waals surface area contributed by atoms with Gasteiger partial charge in [-0.1, -0.05) is 0 Å². The summed E-state index contributed by atoms with van der Waals surface area (Å²) < 4.78 is 9.61. The first-order valence-electron chi connectivity index (χ1n) is 4.13. The Morgan fingerprint density at radius 1 is 1.43 bits per heavy atom. The molecule has 0 aromatic heterocycles. The lowest BCUT2D eigenvalue weighted by Crippen LogP contribution is -2.42. The molecule has 5 heteroatoms. The van der Waals surface area contributed by atoms with E-state index in [0.29, 0.717) is 5.57 Å². The van der Waals surface area contributed by atoms with Crippen LogP contribution in [0.1, 0.15) is 13.8 Å². The third kappa shape index (κ3) is 1.39. The molecule has 0 aromatic carbocycles. The molecule has 1 atom stereocenters. The van der Waals surface area contributed by atoms with E-state index in [-0.39, 0.29) is 5.57 Å². The Morgan fingerprint density at radius 3 is 2.36 bits per heavy atom. The van der Waals surface area contributed by atoms with E-state index in [9.17, 15) is 9.59 Å². The van der Waals surface area contributed by atoms with Crippen molar-refractivity contribution in [3.8, 4) is 0 Å². The number of methoxy groups -OCH3 is 2. The molecule has 0 spiro atoms. The Kier molecular flexibility index (Phi) is 2.62. The number of hydrogen-bond donors (Lipinski definition) is 1. The van der Waals surface area contributed by atoms with Crippen molar-refractivity contribution in [2.24, 2.45) is 0 Å². The van der Waals surface area contributed by atoms with E-state index in [1.54, 1.807) is 13.8 Å². The Morgan fingerprint density at radius 2 is 2.00 bits per heavy atom. The molecule has 1 unspecified atom stereocenters. The molecule has 0 fully saturated rings. The lowest BCUT2D eigenvalue weighted by Gasteiger charge is -2.23. The van der Waals surface area contributed by atoms with E-state index in [4.69, 9.17) is 4.74 Å². The second-order valence-corrected chi connectivity index (χ2v) is 3.18. The summed E-state index contributed by atoms with van der Waals surface area (Å²) in [6.45, 7) is 3.34. The molecule has 0 radical (unpaired) electrons. The predicted molar refractivity (Wildman–Crippen MR) is 48.3 cm³/mol. The van der Waals surface area contributed by atoms with E-state index in [0.717, 1.165) is 0 Å². The highest BCUT2D eigenvalue weighted by molar-refractivity contribution is 6.19. The number of esters is 1. The Balaban J connectivity index is 3.14. The molecule has 1 N–H and O–H groups in total. The molecule has 0 bridgehead atoms. The standard InChI is InChI=1S/C9H13NO4/c1-5-6(8(12)13-3)7(11)10-9(5,2)14-4/h1-4H3,(H,10,11). The molecule has 0 aliphatic carbocycles. The molecule has 0 saturated carbocycles. The van der Waals surface area contributed by atoms with Crippen LogP contribution in [-0.4, -0.2) is 31.8 Å². The van der Waals surface area contributed by atoms with Crippen LogP contribution in [0.4, 0.5) is 0 Å². The second-order valence-electron chi connectivity index (χ2n) is 3.18. The van der Waals surface area contributed by atoms with Crippen LogP contribution in [0.2, 0.25) is 0 Å². The van der Waals surface area contributed by atoms with Crippen molar-refractivity contribution in [1.82, 2.24) is 5.32 Å². The Bertz CT molecular complexity index is 321. The topological polar surface area (TPSA) is 64.6 Å². The zero-order valence-electron chi connectivity index (χ0n) is 8.63. The maximum atomic E-state index is 11.4. The summed E-state index contributed by atoms with van der Waals surface area (Å²) in [5, 5.41) is 2.56. The fourth-order valence-electron chi connectivity index (χ4n) is 1.33. The number of amides is 1. The Labute approximate surface area is 82.1 Å². The lowest BCUT2D eigenvalue weighted by molar-refractivity contribution is -0.137. The maximum Gasteiger partial charge on any atom is 0.343 e. The summed E-state index contributed by atoms with van der Waals surface area (Å²) >= 11 is 0. The normalized spacial score (nSPS) is 26.4. The second kappa shape index (κ2) is 3.42. The fourth-order valence-corrected chi connectivity index (χ4v) is 1.33. The van der Waals surface area contributed by atoms with E-state index in [2.05, 4.69) is 10.1 Å². The fraction of sp³-hybridized carbons (Fsp3) is 0.556. The Hall–Kier alpha value is -1.36. The van der Waals surface area contributed by atoms with Crippen molar-refractivity contribution in [1.29, 1.82) is 0 Å². The summed E-state index contributed by atoms with van der Waals surface area (Å²) in [6, 6.07) is 0. The molecule has 1 rings (SSSR count). The number of nitrogens with one attached hydrogen (secondary N) is 1. The minimum absolute atomic E-state index is 0.0249. The van der Waals surface area contributed by atoms with Gasteiger partial charge in [0, 0.05) is 7.11 Å². The molecule has 1 amide bonds. The molecule has 0 aromatic rings. The van der Waals surface area contributed by atoms with Crippen molar-refractivity contribution < 1.29 is 19.1 Å². The predicted octanol–water partition coefficient (Wildman–Crippen LogP) is -0.0317. The molecular formula is C9H13NO4. The van der Waals surface area contributed by atoms with Crippen molar-refractivity contribution in [2.45, 2.75) is 19.6 Å². The van der Waals surface area contributed by atoms with Gasteiger partial charge in [0.25, 0.3) is 5.91 Å². The van der Waals surface area contributed by atoms with Crippen LogP contribution in [0.25, 0.3) is 0 Å². The van der Waals surface area contributed by atoms with Gasteiger partial charge in [-0.3, -0.25) is 4.79 Å². The quantitative estimate of drug-likeness (QED) is 0.501. The van der Waals surface area contributed by atoms with Crippen LogP contribution in [-0.2, 0) is 19.1 Å². The first-order valence-corrected chi connectivity index (χ1v) is 4.13. The van der Waals surface area contributed by atoms with Gasteiger partial charge in [0.2, 0.25) is 0 Å². The van der Waals surface area contributed by atoms with Gasteiger partial charge in [0.1, 0.15) is 5.57 Å². The van der Waals surface area contributed by atoms with Gasteiger partial charge in [-0.15, -0.1) is 0 Å². The van der Waals surface area contributed by atoms with Crippen LogP contribution < -0.4 is 5.32 Å². The van der Waals surface area contributed by atoms with Gasteiger partial charge >= 0.3 is 5.97 Å². The van der Waals surface area contributed by atoms with Crippen LogP contribution in [0.3, 0.4) is 0 Å². The molecule has 5 nitrogen and oxygen atoms in total.